The Labute approximate surface area is 220 Å². The van der Waals surface area contributed by atoms with Crippen LogP contribution in [0.25, 0.3) is 0 Å². The number of anilines is 1. The first kappa shape index (κ1) is 24.3. The highest BCUT2D eigenvalue weighted by molar-refractivity contribution is 9.10. The molecule has 1 atom stereocenters. The number of rotatable bonds is 7. The summed E-state index contributed by atoms with van der Waals surface area (Å²) >= 11 is 4.81. The Bertz CT molecular complexity index is 1420. The molecule has 6 nitrogen and oxygen atoms in total. The minimum Gasteiger partial charge on any atom is -0.457 e. The number of halogens is 2. The van der Waals surface area contributed by atoms with E-state index in [4.69, 9.17) is 9.84 Å². The lowest BCUT2D eigenvalue weighted by molar-refractivity contribution is -0.140. The molecule has 1 unspecified atom stereocenters. The third-order valence-electron chi connectivity index (χ3n) is 5.77. The lowest BCUT2D eigenvalue weighted by Gasteiger charge is -2.28. The molecular formula is C27H22BrFN4O2S. The Morgan fingerprint density at radius 2 is 1.81 bits per heavy atom. The van der Waals surface area contributed by atoms with Crippen molar-refractivity contribution in [3.63, 3.8) is 0 Å². The number of esters is 1. The fourth-order valence-corrected chi connectivity index (χ4v) is 5.05. The first-order valence-corrected chi connectivity index (χ1v) is 13.0. The van der Waals surface area contributed by atoms with E-state index in [0.29, 0.717) is 33.7 Å². The average molecular weight is 565 g/mol. The van der Waals surface area contributed by atoms with Crippen molar-refractivity contribution >= 4 is 39.6 Å². The molecule has 1 aliphatic rings. The van der Waals surface area contributed by atoms with E-state index in [-0.39, 0.29) is 12.4 Å². The number of carbonyl (C=O) groups is 1. The second kappa shape index (κ2) is 10.7. The second-order valence-electron chi connectivity index (χ2n) is 8.22. The standard InChI is InChI=1S/C27H22BrFN4O2S/c1-17-23(25(34)35-15-18-7-3-2-4-8-18)24(19-11-13-21(28)14-12-19)33-26(30-17)31-27(32-33)36-16-20-9-5-6-10-22(20)29/h2-14,24H,15-16H2,1H3,(H,30,31,32). The van der Waals surface area contributed by atoms with Gasteiger partial charge in [0.05, 0.1) is 5.57 Å². The number of allylic oxidation sites excluding steroid dienone is 1. The molecule has 0 saturated heterocycles. The van der Waals surface area contributed by atoms with Crippen LogP contribution in [0.5, 0.6) is 0 Å². The van der Waals surface area contributed by atoms with Gasteiger partial charge in [0.25, 0.3) is 0 Å². The molecule has 0 amide bonds. The fraction of sp³-hybridized carbons (Fsp3) is 0.148. The van der Waals surface area contributed by atoms with Crippen LogP contribution in [0.15, 0.2) is 99.8 Å². The van der Waals surface area contributed by atoms with Crippen molar-refractivity contribution in [1.29, 1.82) is 0 Å². The third-order valence-corrected chi connectivity index (χ3v) is 7.18. The van der Waals surface area contributed by atoms with Gasteiger partial charge in [0.15, 0.2) is 0 Å². The van der Waals surface area contributed by atoms with E-state index in [0.717, 1.165) is 15.6 Å². The van der Waals surface area contributed by atoms with E-state index in [1.807, 2.05) is 61.5 Å². The molecule has 36 heavy (non-hydrogen) atoms. The smallest absolute Gasteiger partial charge is 0.338 e. The normalized spacial score (nSPS) is 14.8. The Hall–Kier alpha value is -3.43. The van der Waals surface area contributed by atoms with Gasteiger partial charge >= 0.3 is 5.97 Å². The second-order valence-corrected chi connectivity index (χ2v) is 10.1. The maximum absolute atomic E-state index is 14.1. The maximum atomic E-state index is 14.1. The molecular weight excluding hydrogens is 543 g/mol. The van der Waals surface area contributed by atoms with Crippen molar-refractivity contribution in [1.82, 2.24) is 14.8 Å². The molecule has 1 aliphatic heterocycles. The van der Waals surface area contributed by atoms with Crippen molar-refractivity contribution in [3.05, 3.63) is 117 Å². The lowest BCUT2D eigenvalue weighted by atomic mass is 9.96. The molecule has 0 bridgehead atoms. The monoisotopic (exact) mass is 564 g/mol. The summed E-state index contributed by atoms with van der Waals surface area (Å²) in [4.78, 5) is 18.0. The fourth-order valence-electron chi connectivity index (χ4n) is 3.97. The van der Waals surface area contributed by atoms with E-state index in [1.54, 1.807) is 22.9 Å². The minimum atomic E-state index is -0.534. The van der Waals surface area contributed by atoms with Crippen molar-refractivity contribution in [2.24, 2.45) is 0 Å². The summed E-state index contributed by atoms with van der Waals surface area (Å²) in [6, 6.07) is 23.4. The molecule has 3 aromatic carbocycles. The van der Waals surface area contributed by atoms with Gasteiger partial charge in [-0.3, -0.25) is 0 Å². The molecule has 4 aromatic rings. The molecule has 0 aliphatic carbocycles. The molecule has 5 rings (SSSR count). The first-order valence-electron chi connectivity index (χ1n) is 11.3. The molecule has 1 aromatic heterocycles. The van der Waals surface area contributed by atoms with Crippen molar-refractivity contribution in [3.8, 4) is 0 Å². The van der Waals surface area contributed by atoms with Crippen molar-refractivity contribution < 1.29 is 13.9 Å². The molecule has 1 N–H and O–H groups in total. The summed E-state index contributed by atoms with van der Waals surface area (Å²) in [5.41, 5.74) is 3.44. The van der Waals surface area contributed by atoms with Crippen LogP contribution in [0.4, 0.5) is 10.3 Å². The van der Waals surface area contributed by atoms with Crippen molar-refractivity contribution in [2.45, 2.75) is 30.5 Å². The number of hydrogen-bond donors (Lipinski definition) is 1. The number of benzene rings is 3. The SMILES string of the molecule is CC1=C(C(=O)OCc2ccccc2)C(c2ccc(Br)cc2)n2nc(SCc3ccccc3F)nc2N1. The minimum absolute atomic E-state index is 0.164. The van der Waals surface area contributed by atoms with Gasteiger partial charge < -0.3 is 10.1 Å². The molecule has 0 fully saturated rings. The zero-order valence-electron chi connectivity index (χ0n) is 19.3. The largest absolute Gasteiger partial charge is 0.457 e. The van der Waals surface area contributed by atoms with E-state index in [2.05, 4.69) is 26.2 Å². The quantitative estimate of drug-likeness (QED) is 0.204. The Morgan fingerprint density at radius 3 is 2.56 bits per heavy atom. The molecule has 0 saturated carbocycles. The number of hydrogen-bond acceptors (Lipinski definition) is 6. The first-order chi connectivity index (χ1) is 17.5. The van der Waals surface area contributed by atoms with Crippen LogP contribution in [-0.2, 0) is 21.9 Å². The van der Waals surface area contributed by atoms with E-state index < -0.39 is 12.0 Å². The number of fused-ring (bicyclic) bond motifs is 1. The highest BCUT2D eigenvalue weighted by Crippen LogP contribution is 2.37. The highest BCUT2D eigenvalue weighted by atomic mass is 79.9. The van der Waals surface area contributed by atoms with Gasteiger partial charge in [-0.05, 0) is 41.8 Å². The van der Waals surface area contributed by atoms with Crippen LogP contribution < -0.4 is 5.32 Å². The average Bonchev–Trinajstić information content (AvgIpc) is 3.29. The predicted octanol–water partition coefficient (Wildman–Crippen LogP) is 6.50. The number of nitrogens with one attached hydrogen (secondary N) is 1. The number of aromatic nitrogens is 3. The number of thioether (sulfide) groups is 1. The van der Waals surface area contributed by atoms with E-state index in [9.17, 15) is 9.18 Å². The molecule has 182 valence electrons. The Balaban J connectivity index is 1.45. The van der Waals surface area contributed by atoms with Gasteiger partial charge in [0, 0.05) is 15.9 Å². The molecule has 9 heteroatoms. The zero-order valence-corrected chi connectivity index (χ0v) is 21.7. The summed E-state index contributed by atoms with van der Waals surface area (Å²) in [5, 5.41) is 8.37. The highest BCUT2D eigenvalue weighted by Gasteiger charge is 2.35. The predicted molar refractivity (Wildman–Crippen MR) is 141 cm³/mol. The van der Waals surface area contributed by atoms with Gasteiger partial charge in [-0.15, -0.1) is 5.10 Å². The topological polar surface area (TPSA) is 69.0 Å². The van der Waals surface area contributed by atoms with Gasteiger partial charge in [-0.25, -0.2) is 13.9 Å². The Kier molecular flexibility index (Phi) is 7.20. The van der Waals surface area contributed by atoms with E-state index in [1.165, 1.54) is 17.8 Å². The van der Waals surface area contributed by atoms with Gasteiger partial charge in [0.1, 0.15) is 18.5 Å². The van der Waals surface area contributed by atoms with Crippen molar-refractivity contribution in [2.75, 3.05) is 5.32 Å². The summed E-state index contributed by atoms with van der Waals surface area (Å²) in [6.45, 7) is 1.99. The van der Waals surface area contributed by atoms with Crippen LogP contribution in [-0.4, -0.2) is 20.7 Å². The van der Waals surface area contributed by atoms with Crippen LogP contribution in [0.2, 0.25) is 0 Å². The number of ether oxygens (including phenoxy) is 1. The molecule has 2 heterocycles. The zero-order chi connectivity index (χ0) is 25.1. The lowest BCUT2D eigenvalue weighted by Crippen LogP contribution is -2.29. The van der Waals surface area contributed by atoms with E-state index >= 15 is 0 Å². The van der Waals surface area contributed by atoms with Gasteiger partial charge in [-0.2, -0.15) is 4.98 Å². The number of carbonyl (C=O) groups excluding carboxylic acids is 1. The Morgan fingerprint density at radius 1 is 1.08 bits per heavy atom. The molecule has 0 radical (unpaired) electrons. The summed E-state index contributed by atoms with van der Waals surface area (Å²) < 4.78 is 22.4. The molecule has 0 spiro atoms. The third kappa shape index (κ3) is 5.22. The van der Waals surface area contributed by atoms with Gasteiger partial charge in [-0.1, -0.05) is 88.4 Å². The summed E-state index contributed by atoms with van der Waals surface area (Å²) in [6.07, 6.45) is 0. The number of nitrogens with zero attached hydrogens (tertiary/aromatic N) is 3. The summed E-state index contributed by atoms with van der Waals surface area (Å²) in [5.74, 6) is 0.201. The van der Waals surface area contributed by atoms with Crippen LogP contribution >= 0.6 is 27.7 Å². The van der Waals surface area contributed by atoms with Gasteiger partial charge in [0.2, 0.25) is 11.1 Å². The maximum Gasteiger partial charge on any atom is 0.338 e. The summed E-state index contributed by atoms with van der Waals surface area (Å²) in [7, 11) is 0. The van der Waals surface area contributed by atoms with Crippen LogP contribution in [0.1, 0.15) is 29.7 Å². The van der Waals surface area contributed by atoms with Crippen LogP contribution in [0, 0.1) is 5.82 Å². The van der Waals surface area contributed by atoms with Crippen LogP contribution in [0.3, 0.4) is 0 Å².